The summed E-state index contributed by atoms with van der Waals surface area (Å²) in [6.07, 6.45) is 1.76. The van der Waals surface area contributed by atoms with E-state index in [9.17, 15) is 5.11 Å². The van der Waals surface area contributed by atoms with E-state index in [0.29, 0.717) is 12.0 Å². The first-order valence-corrected chi connectivity index (χ1v) is 7.85. The quantitative estimate of drug-likeness (QED) is 0.813. The Hall–Kier alpha value is -0.860. The van der Waals surface area contributed by atoms with Crippen LogP contribution in [0, 0.1) is 5.92 Å². The van der Waals surface area contributed by atoms with E-state index in [1.165, 1.54) is 5.56 Å². The number of aryl methyl sites for hydroxylation is 1. The Morgan fingerprint density at radius 1 is 1.05 bits per heavy atom. The molecule has 2 nitrogen and oxygen atoms in total. The molecule has 0 bridgehead atoms. The van der Waals surface area contributed by atoms with Gasteiger partial charge in [-0.15, -0.1) is 0 Å². The molecule has 1 aromatic rings. The fraction of sp³-hybridized carbons (Fsp3) is 0.667. The van der Waals surface area contributed by atoms with E-state index in [-0.39, 0.29) is 6.04 Å². The Balaban J connectivity index is 2.71. The smallest absolute Gasteiger partial charge is 0.0942 e. The topological polar surface area (TPSA) is 23.5 Å². The van der Waals surface area contributed by atoms with Crippen molar-refractivity contribution in [2.75, 3.05) is 7.05 Å². The molecule has 0 aliphatic heterocycles. The number of likely N-dealkylation sites (N-methyl/N-ethyl adjacent to an activating group) is 1. The van der Waals surface area contributed by atoms with Crippen molar-refractivity contribution < 1.29 is 5.11 Å². The van der Waals surface area contributed by atoms with Crippen molar-refractivity contribution >= 4 is 0 Å². The lowest BCUT2D eigenvalue weighted by Crippen LogP contribution is -2.41. The van der Waals surface area contributed by atoms with E-state index in [2.05, 4.69) is 70.8 Å². The molecule has 0 saturated carbocycles. The molecule has 114 valence electrons. The predicted molar refractivity (Wildman–Crippen MR) is 86.9 cm³/mol. The van der Waals surface area contributed by atoms with Crippen molar-refractivity contribution in [3.8, 4) is 0 Å². The highest BCUT2D eigenvalue weighted by Gasteiger charge is 2.24. The van der Waals surface area contributed by atoms with E-state index in [4.69, 9.17) is 0 Å². The number of benzene rings is 1. The number of hydrogen-bond acceptors (Lipinski definition) is 2. The molecule has 1 rings (SSSR count). The van der Waals surface area contributed by atoms with Gasteiger partial charge in [0, 0.05) is 12.1 Å². The molecule has 0 fully saturated rings. The molecule has 0 saturated heterocycles. The lowest BCUT2D eigenvalue weighted by atomic mass is 9.97. The van der Waals surface area contributed by atoms with Crippen molar-refractivity contribution in [3.05, 3.63) is 35.4 Å². The maximum atomic E-state index is 10.6. The van der Waals surface area contributed by atoms with Crippen LogP contribution in [0.3, 0.4) is 0 Å². The predicted octanol–water partition coefficient (Wildman–Crippen LogP) is 4.04. The Morgan fingerprint density at radius 2 is 1.60 bits per heavy atom. The number of nitrogens with zero attached hydrogens (tertiary/aromatic N) is 1. The number of rotatable bonds is 7. The van der Waals surface area contributed by atoms with Gasteiger partial charge in [0.05, 0.1) is 6.10 Å². The zero-order valence-corrected chi connectivity index (χ0v) is 13.9. The Bertz CT molecular complexity index is 385. The monoisotopic (exact) mass is 277 g/mol. The summed E-state index contributed by atoms with van der Waals surface area (Å²) < 4.78 is 0. The molecule has 3 unspecified atom stereocenters. The first kappa shape index (κ1) is 17.2. The summed E-state index contributed by atoms with van der Waals surface area (Å²) in [7, 11) is 2.11. The summed E-state index contributed by atoms with van der Waals surface area (Å²) in [5.74, 6) is 0.681. The summed E-state index contributed by atoms with van der Waals surface area (Å²) in [6, 6.07) is 8.94. The van der Waals surface area contributed by atoms with Crippen molar-refractivity contribution in [1.29, 1.82) is 0 Å². The van der Waals surface area contributed by atoms with Crippen LogP contribution in [-0.2, 0) is 6.42 Å². The van der Waals surface area contributed by atoms with Gasteiger partial charge in [0.1, 0.15) is 0 Å². The molecule has 1 aromatic carbocycles. The van der Waals surface area contributed by atoms with Gasteiger partial charge in [0.2, 0.25) is 0 Å². The highest BCUT2D eigenvalue weighted by molar-refractivity contribution is 5.25. The fourth-order valence-corrected chi connectivity index (χ4v) is 2.70. The summed E-state index contributed by atoms with van der Waals surface area (Å²) in [5, 5.41) is 10.6. The lowest BCUT2D eigenvalue weighted by Gasteiger charge is -2.34. The van der Waals surface area contributed by atoms with Crippen molar-refractivity contribution in [1.82, 2.24) is 4.90 Å². The molecule has 1 N–H and O–H groups in total. The zero-order chi connectivity index (χ0) is 15.3. The van der Waals surface area contributed by atoms with Crippen LogP contribution < -0.4 is 0 Å². The minimum atomic E-state index is -0.430. The maximum absolute atomic E-state index is 10.6. The van der Waals surface area contributed by atoms with Gasteiger partial charge in [-0.05, 0) is 50.8 Å². The highest BCUT2D eigenvalue weighted by Crippen LogP contribution is 2.23. The van der Waals surface area contributed by atoms with Gasteiger partial charge in [0.15, 0.2) is 0 Å². The largest absolute Gasteiger partial charge is 0.387 e. The van der Waals surface area contributed by atoms with Gasteiger partial charge in [-0.1, -0.05) is 45.0 Å². The molecule has 0 heterocycles. The van der Waals surface area contributed by atoms with E-state index in [1.54, 1.807) is 0 Å². The molecule has 0 aliphatic carbocycles. The SMILES string of the molecule is CCc1ccc(C(O)C(C)N(C)C(C)CC(C)C)cc1. The second kappa shape index (κ2) is 7.80. The first-order chi connectivity index (χ1) is 9.36. The van der Waals surface area contributed by atoms with Crippen molar-refractivity contribution in [2.24, 2.45) is 5.92 Å². The van der Waals surface area contributed by atoms with Gasteiger partial charge < -0.3 is 5.11 Å². The summed E-state index contributed by atoms with van der Waals surface area (Å²) in [5.41, 5.74) is 2.33. The molecule has 20 heavy (non-hydrogen) atoms. The van der Waals surface area contributed by atoms with Crippen LogP contribution in [0.4, 0.5) is 0 Å². The summed E-state index contributed by atoms with van der Waals surface area (Å²) >= 11 is 0. The molecule has 2 heteroatoms. The molecular formula is C18H31NO. The standard InChI is InChI=1S/C18H31NO/c1-7-16-8-10-17(11-9-16)18(20)15(5)19(6)14(4)12-13(2)3/h8-11,13-15,18,20H,7,12H2,1-6H3. The highest BCUT2D eigenvalue weighted by atomic mass is 16.3. The third kappa shape index (κ3) is 4.60. The zero-order valence-electron chi connectivity index (χ0n) is 13.9. The van der Waals surface area contributed by atoms with Gasteiger partial charge in [-0.25, -0.2) is 0 Å². The van der Waals surface area contributed by atoms with Gasteiger partial charge in [0.25, 0.3) is 0 Å². The lowest BCUT2D eigenvalue weighted by molar-refractivity contribution is 0.0481. The minimum absolute atomic E-state index is 0.122. The van der Waals surface area contributed by atoms with Crippen molar-refractivity contribution in [2.45, 2.75) is 65.6 Å². The van der Waals surface area contributed by atoms with Gasteiger partial charge in [-0.2, -0.15) is 0 Å². The molecule has 0 amide bonds. The van der Waals surface area contributed by atoms with E-state index >= 15 is 0 Å². The summed E-state index contributed by atoms with van der Waals surface area (Å²) in [4.78, 5) is 2.29. The number of aliphatic hydroxyl groups is 1. The third-order valence-electron chi connectivity index (χ3n) is 4.34. The van der Waals surface area contributed by atoms with Crippen LogP contribution in [0.15, 0.2) is 24.3 Å². The number of hydrogen-bond donors (Lipinski definition) is 1. The van der Waals surface area contributed by atoms with Gasteiger partial charge >= 0.3 is 0 Å². The third-order valence-corrected chi connectivity index (χ3v) is 4.34. The van der Waals surface area contributed by atoms with Crippen LogP contribution in [0.2, 0.25) is 0 Å². The van der Waals surface area contributed by atoms with Crippen LogP contribution in [0.25, 0.3) is 0 Å². The molecule has 0 radical (unpaired) electrons. The Labute approximate surface area is 124 Å². The molecule has 0 aliphatic rings. The van der Waals surface area contributed by atoms with E-state index < -0.39 is 6.10 Å². The fourth-order valence-electron chi connectivity index (χ4n) is 2.70. The van der Waals surface area contributed by atoms with Crippen LogP contribution in [0.1, 0.15) is 58.3 Å². The maximum Gasteiger partial charge on any atom is 0.0942 e. The molecule has 0 spiro atoms. The second-order valence-corrected chi connectivity index (χ2v) is 6.42. The van der Waals surface area contributed by atoms with Gasteiger partial charge in [-0.3, -0.25) is 4.90 Å². The summed E-state index contributed by atoms with van der Waals surface area (Å²) in [6.45, 7) is 11.0. The van der Waals surface area contributed by atoms with Crippen LogP contribution in [0.5, 0.6) is 0 Å². The van der Waals surface area contributed by atoms with E-state index in [0.717, 1.165) is 18.4 Å². The first-order valence-electron chi connectivity index (χ1n) is 7.85. The second-order valence-electron chi connectivity index (χ2n) is 6.42. The minimum Gasteiger partial charge on any atom is -0.387 e. The Morgan fingerprint density at radius 3 is 2.05 bits per heavy atom. The average Bonchev–Trinajstić information content (AvgIpc) is 2.44. The average molecular weight is 277 g/mol. The number of aliphatic hydroxyl groups excluding tert-OH is 1. The Kier molecular flexibility index (Phi) is 6.70. The molecule has 3 atom stereocenters. The van der Waals surface area contributed by atoms with Crippen LogP contribution >= 0.6 is 0 Å². The normalized spacial score (nSPS) is 16.4. The van der Waals surface area contributed by atoms with Crippen LogP contribution in [-0.4, -0.2) is 29.1 Å². The van der Waals surface area contributed by atoms with Crippen molar-refractivity contribution in [3.63, 3.8) is 0 Å². The molecule has 0 aromatic heterocycles. The molecular weight excluding hydrogens is 246 g/mol. The van der Waals surface area contributed by atoms with E-state index in [1.807, 2.05) is 0 Å².